The smallest absolute Gasteiger partial charge is 0.405 e. The molecule has 124 valence electrons. The maximum absolute atomic E-state index is 12.0. The molecule has 5 nitrogen and oxygen atoms in total. The molecule has 0 aliphatic carbocycles. The van der Waals surface area contributed by atoms with E-state index in [0.717, 1.165) is 5.56 Å². The van der Waals surface area contributed by atoms with E-state index >= 15 is 0 Å². The summed E-state index contributed by atoms with van der Waals surface area (Å²) in [5.41, 5.74) is 0.800. The third kappa shape index (κ3) is 6.21. The number of methoxy groups -OCH3 is 2. The minimum atomic E-state index is -4.41. The van der Waals surface area contributed by atoms with Gasteiger partial charge in [-0.1, -0.05) is 6.07 Å². The predicted octanol–water partition coefficient (Wildman–Crippen LogP) is 1.81. The summed E-state index contributed by atoms with van der Waals surface area (Å²) in [6, 6.07) is 5.23. The Balaban J connectivity index is 2.58. The number of likely N-dealkylation sites (N-methyl/N-ethyl adjacent to an activating group) is 1. The van der Waals surface area contributed by atoms with Crippen molar-refractivity contribution in [1.29, 1.82) is 0 Å². The lowest BCUT2D eigenvalue weighted by Crippen LogP contribution is -2.39. The van der Waals surface area contributed by atoms with E-state index in [2.05, 4.69) is 0 Å². The van der Waals surface area contributed by atoms with Crippen LogP contribution < -0.4 is 14.8 Å². The number of halogens is 3. The van der Waals surface area contributed by atoms with E-state index in [9.17, 15) is 18.0 Å². The van der Waals surface area contributed by atoms with E-state index in [1.807, 2.05) is 5.32 Å². The Morgan fingerprint density at radius 3 is 2.50 bits per heavy atom. The number of nitrogens with one attached hydrogen (secondary N) is 1. The topological polar surface area (TPSA) is 50.8 Å². The van der Waals surface area contributed by atoms with Crippen LogP contribution in [-0.4, -0.2) is 51.3 Å². The average molecular weight is 320 g/mol. The normalized spacial score (nSPS) is 11.4. The van der Waals surface area contributed by atoms with Crippen LogP contribution in [0.3, 0.4) is 0 Å². The fourth-order valence-corrected chi connectivity index (χ4v) is 1.83. The lowest BCUT2D eigenvalue weighted by Gasteiger charge is -2.18. The van der Waals surface area contributed by atoms with E-state index in [1.165, 1.54) is 14.2 Å². The first-order valence-electron chi connectivity index (χ1n) is 6.48. The molecule has 0 spiro atoms. The van der Waals surface area contributed by atoms with E-state index in [4.69, 9.17) is 9.47 Å². The highest BCUT2D eigenvalue weighted by Crippen LogP contribution is 2.25. The van der Waals surface area contributed by atoms with Crippen molar-refractivity contribution in [2.45, 2.75) is 12.7 Å². The second kappa shape index (κ2) is 7.88. The molecule has 1 amide bonds. The van der Waals surface area contributed by atoms with Crippen LogP contribution in [0.2, 0.25) is 0 Å². The molecule has 22 heavy (non-hydrogen) atoms. The number of hydrogen-bond acceptors (Lipinski definition) is 4. The van der Waals surface area contributed by atoms with Gasteiger partial charge in [0.25, 0.3) is 0 Å². The van der Waals surface area contributed by atoms with Crippen molar-refractivity contribution in [3.05, 3.63) is 23.8 Å². The van der Waals surface area contributed by atoms with Crippen LogP contribution in [0, 0.1) is 0 Å². The highest BCUT2D eigenvalue weighted by atomic mass is 19.4. The summed E-state index contributed by atoms with van der Waals surface area (Å²) in [5.74, 6) is 0.528. The number of amides is 1. The molecule has 8 heteroatoms. The molecular formula is C14H19F3N2O3. The summed E-state index contributed by atoms with van der Waals surface area (Å²) < 4.78 is 46.4. The molecule has 0 aromatic heterocycles. The van der Waals surface area contributed by atoms with Crippen LogP contribution in [-0.2, 0) is 11.3 Å². The Kier molecular flexibility index (Phi) is 6.48. The number of carbonyl (C=O) groups excluding carboxylic acids is 1. The van der Waals surface area contributed by atoms with E-state index in [0.29, 0.717) is 18.0 Å². The van der Waals surface area contributed by atoms with Gasteiger partial charge in [0.2, 0.25) is 5.91 Å². The number of rotatable bonds is 7. The molecule has 0 radical (unpaired) electrons. The van der Waals surface area contributed by atoms with Gasteiger partial charge in [-0.3, -0.25) is 9.69 Å². The molecule has 1 rings (SSSR count). The minimum Gasteiger partial charge on any atom is -0.497 e. The Labute approximate surface area is 127 Å². The fraction of sp³-hybridized carbons (Fsp3) is 0.500. The Hall–Kier alpha value is -1.96. The number of nitrogens with zero attached hydrogens (tertiary/aromatic N) is 1. The van der Waals surface area contributed by atoms with Crippen molar-refractivity contribution in [3.8, 4) is 11.5 Å². The van der Waals surface area contributed by atoms with E-state index < -0.39 is 18.6 Å². The van der Waals surface area contributed by atoms with Crippen molar-refractivity contribution in [2.24, 2.45) is 0 Å². The monoisotopic (exact) mass is 320 g/mol. The van der Waals surface area contributed by atoms with Gasteiger partial charge < -0.3 is 14.8 Å². The summed E-state index contributed by atoms with van der Waals surface area (Å²) >= 11 is 0. The van der Waals surface area contributed by atoms with Crippen LogP contribution >= 0.6 is 0 Å². The van der Waals surface area contributed by atoms with Gasteiger partial charge in [-0.2, -0.15) is 13.2 Å². The zero-order chi connectivity index (χ0) is 16.8. The second-order valence-corrected chi connectivity index (χ2v) is 4.74. The molecule has 0 atom stereocenters. The van der Waals surface area contributed by atoms with Crippen LogP contribution in [0.25, 0.3) is 0 Å². The molecule has 0 fully saturated rings. The van der Waals surface area contributed by atoms with Crippen molar-refractivity contribution in [3.63, 3.8) is 0 Å². The molecular weight excluding hydrogens is 301 g/mol. The summed E-state index contributed by atoms with van der Waals surface area (Å²) in [4.78, 5) is 13.0. The van der Waals surface area contributed by atoms with Gasteiger partial charge >= 0.3 is 6.18 Å². The van der Waals surface area contributed by atoms with Gasteiger partial charge in [0, 0.05) is 18.2 Å². The standard InChI is InChI=1S/C14H19F3N2O3/c1-19(8-13(20)18-9-14(15,16)17)7-10-4-5-11(21-2)6-12(10)22-3/h4-6H,7-9H2,1-3H3,(H,18,20). The minimum absolute atomic E-state index is 0.148. The fourth-order valence-electron chi connectivity index (χ4n) is 1.83. The van der Waals surface area contributed by atoms with Gasteiger partial charge in [-0.25, -0.2) is 0 Å². The molecule has 0 aliphatic rings. The van der Waals surface area contributed by atoms with Crippen molar-refractivity contribution >= 4 is 5.91 Å². The molecule has 1 aromatic rings. The Bertz CT molecular complexity index is 507. The van der Waals surface area contributed by atoms with Crippen molar-refractivity contribution in [1.82, 2.24) is 10.2 Å². The first kappa shape index (κ1) is 18.1. The zero-order valence-electron chi connectivity index (χ0n) is 12.7. The molecule has 1 aromatic carbocycles. The van der Waals surface area contributed by atoms with Gasteiger partial charge in [-0.05, 0) is 13.1 Å². The summed E-state index contributed by atoms with van der Waals surface area (Å²) in [6.07, 6.45) is -4.41. The van der Waals surface area contributed by atoms with Gasteiger partial charge in [0.1, 0.15) is 18.0 Å². The van der Waals surface area contributed by atoms with Crippen LogP contribution in [0.1, 0.15) is 5.56 Å². The third-order valence-electron chi connectivity index (χ3n) is 2.83. The highest BCUT2D eigenvalue weighted by molar-refractivity contribution is 5.78. The summed E-state index contributed by atoms with van der Waals surface area (Å²) in [7, 11) is 4.68. The Morgan fingerprint density at radius 2 is 1.95 bits per heavy atom. The van der Waals surface area contributed by atoms with Gasteiger partial charge in [0.05, 0.1) is 20.8 Å². The second-order valence-electron chi connectivity index (χ2n) is 4.74. The highest BCUT2D eigenvalue weighted by Gasteiger charge is 2.27. The first-order valence-corrected chi connectivity index (χ1v) is 6.48. The number of benzene rings is 1. The molecule has 0 bridgehead atoms. The van der Waals surface area contributed by atoms with Gasteiger partial charge in [0.15, 0.2) is 0 Å². The predicted molar refractivity (Wildman–Crippen MR) is 74.9 cm³/mol. The van der Waals surface area contributed by atoms with Crippen molar-refractivity contribution < 1.29 is 27.4 Å². The number of carbonyl (C=O) groups is 1. The largest absolute Gasteiger partial charge is 0.497 e. The lowest BCUT2D eigenvalue weighted by molar-refractivity contribution is -0.138. The summed E-state index contributed by atoms with van der Waals surface area (Å²) in [5, 5.41) is 1.83. The number of alkyl halides is 3. The third-order valence-corrected chi connectivity index (χ3v) is 2.83. The quantitative estimate of drug-likeness (QED) is 0.832. The SMILES string of the molecule is COc1ccc(CN(C)CC(=O)NCC(F)(F)F)c(OC)c1. The van der Waals surface area contributed by atoms with Gasteiger partial charge in [-0.15, -0.1) is 0 Å². The molecule has 0 aliphatic heterocycles. The molecule has 0 heterocycles. The number of hydrogen-bond donors (Lipinski definition) is 1. The molecule has 0 saturated carbocycles. The molecule has 0 saturated heterocycles. The average Bonchev–Trinajstić information content (AvgIpc) is 2.44. The summed E-state index contributed by atoms with van der Waals surface area (Å²) in [6.45, 7) is -1.12. The maximum Gasteiger partial charge on any atom is 0.405 e. The molecule has 0 unspecified atom stereocenters. The maximum atomic E-state index is 12.0. The van der Waals surface area contributed by atoms with Crippen LogP contribution in [0.5, 0.6) is 11.5 Å². The first-order chi connectivity index (χ1) is 10.2. The van der Waals surface area contributed by atoms with Crippen molar-refractivity contribution in [2.75, 3.05) is 34.4 Å². The van der Waals surface area contributed by atoms with E-state index in [-0.39, 0.29) is 6.54 Å². The molecule has 1 N–H and O–H groups in total. The van der Waals surface area contributed by atoms with Crippen LogP contribution in [0.15, 0.2) is 18.2 Å². The van der Waals surface area contributed by atoms with Crippen LogP contribution in [0.4, 0.5) is 13.2 Å². The van der Waals surface area contributed by atoms with E-state index in [1.54, 1.807) is 30.1 Å². The lowest BCUT2D eigenvalue weighted by atomic mass is 10.2. The zero-order valence-corrected chi connectivity index (χ0v) is 12.7. The Morgan fingerprint density at radius 1 is 1.27 bits per heavy atom. The number of ether oxygens (including phenoxy) is 2.